The molecule has 1 saturated carbocycles. The van der Waals surface area contributed by atoms with E-state index in [1.54, 1.807) is 0 Å². The molecule has 0 saturated heterocycles. The fraction of sp³-hybridized carbons (Fsp3) is 1.00. The van der Waals surface area contributed by atoms with Crippen LogP contribution in [0.5, 0.6) is 0 Å². The van der Waals surface area contributed by atoms with Crippen molar-refractivity contribution < 1.29 is 5.11 Å². The molecule has 1 heteroatoms. The SMILES string of the molecule is CC(C)[C@H]1C[C@@](C)(O)C1. The summed E-state index contributed by atoms with van der Waals surface area (Å²) in [5, 5.41) is 9.33. The molecule has 1 aliphatic carbocycles. The smallest absolute Gasteiger partial charge is 0.0625 e. The summed E-state index contributed by atoms with van der Waals surface area (Å²) in [6.07, 6.45) is 2.01. The highest BCUT2D eigenvalue weighted by Crippen LogP contribution is 2.41. The first-order valence-corrected chi connectivity index (χ1v) is 3.74. The summed E-state index contributed by atoms with van der Waals surface area (Å²) >= 11 is 0. The van der Waals surface area contributed by atoms with Crippen LogP contribution in [0.3, 0.4) is 0 Å². The van der Waals surface area contributed by atoms with E-state index in [0.29, 0.717) is 0 Å². The Balaban J connectivity index is 2.27. The van der Waals surface area contributed by atoms with Gasteiger partial charge in [-0.05, 0) is 31.6 Å². The van der Waals surface area contributed by atoms with Gasteiger partial charge in [-0.3, -0.25) is 0 Å². The first-order valence-electron chi connectivity index (χ1n) is 3.74. The van der Waals surface area contributed by atoms with Crippen LogP contribution in [0.2, 0.25) is 0 Å². The summed E-state index contributed by atoms with van der Waals surface area (Å²) in [6, 6.07) is 0. The second-order valence-electron chi connectivity index (χ2n) is 3.91. The van der Waals surface area contributed by atoms with Crippen LogP contribution in [0.15, 0.2) is 0 Å². The van der Waals surface area contributed by atoms with Crippen molar-refractivity contribution in [3.8, 4) is 0 Å². The van der Waals surface area contributed by atoms with Crippen LogP contribution in [0.1, 0.15) is 33.6 Å². The van der Waals surface area contributed by atoms with E-state index in [2.05, 4.69) is 13.8 Å². The molecule has 0 aliphatic heterocycles. The van der Waals surface area contributed by atoms with E-state index in [4.69, 9.17) is 0 Å². The normalized spacial score (nSPS) is 43.0. The molecule has 1 nitrogen and oxygen atoms in total. The lowest BCUT2D eigenvalue weighted by Gasteiger charge is -2.43. The predicted molar refractivity (Wildman–Crippen MR) is 38.2 cm³/mol. The maximum Gasteiger partial charge on any atom is 0.0625 e. The van der Waals surface area contributed by atoms with Crippen LogP contribution in [0.4, 0.5) is 0 Å². The van der Waals surface area contributed by atoms with Crippen molar-refractivity contribution in [1.29, 1.82) is 0 Å². The quantitative estimate of drug-likeness (QED) is 0.571. The lowest BCUT2D eigenvalue weighted by atomic mass is 9.67. The van der Waals surface area contributed by atoms with E-state index >= 15 is 0 Å². The highest BCUT2D eigenvalue weighted by Gasteiger charge is 2.39. The molecule has 0 unspecified atom stereocenters. The molecule has 9 heavy (non-hydrogen) atoms. The molecule has 1 rings (SSSR count). The fourth-order valence-electron chi connectivity index (χ4n) is 1.54. The molecular formula is C8H16O. The van der Waals surface area contributed by atoms with E-state index in [9.17, 15) is 5.11 Å². The summed E-state index contributed by atoms with van der Waals surface area (Å²) in [5.74, 6) is 1.53. The van der Waals surface area contributed by atoms with Gasteiger partial charge >= 0.3 is 0 Å². The van der Waals surface area contributed by atoms with Gasteiger partial charge in [-0.2, -0.15) is 0 Å². The summed E-state index contributed by atoms with van der Waals surface area (Å²) in [5.41, 5.74) is -0.324. The van der Waals surface area contributed by atoms with Crippen LogP contribution in [-0.2, 0) is 0 Å². The monoisotopic (exact) mass is 128 g/mol. The highest BCUT2D eigenvalue weighted by atomic mass is 16.3. The Morgan fingerprint density at radius 1 is 1.44 bits per heavy atom. The summed E-state index contributed by atoms with van der Waals surface area (Å²) in [7, 11) is 0. The van der Waals surface area contributed by atoms with Gasteiger partial charge < -0.3 is 5.11 Å². The van der Waals surface area contributed by atoms with Crippen LogP contribution in [-0.4, -0.2) is 10.7 Å². The van der Waals surface area contributed by atoms with Crippen molar-refractivity contribution >= 4 is 0 Å². The zero-order valence-electron chi connectivity index (χ0n) is 6.52. The first kappa shape index (κ1) is 7.07. The third-order valence-corrected chi connectivity index (χ3v) is 2.35. The van der Waals surface area contributed by atoms with E-state index in [0.717, 1.165) is 24.7 Å². The lowest BCUT2D eigenvalue weighted by Crippen LogP contribution is -2.42. The van der Waals surface area contributed by atoms with Gasteiger partial charge in [-0.1, -0.05) is 13.8 Å². The van der Waals surface area contributed by atoms with E-state index < -0.39 is 0 Å². The Morgan fingerprint density at radius 3 is 2.00 bits per heavy atom. The predicted octanol–water partition coefficient (Wildman–Crippen LogP) is 1.80. The maximum absolute atomic E-state index is 9.33. The molecule has 0 spiro atoms. The Kier molecular flexibility index (Phi) is 1.55. The van der Waals surface area contributed by atoms with Gasteiger partial charge in [0, 0.05) is 0 Å². The van der Waals surface area contributed by atoms with E-state index in [-0.39, 0.29) is 5.60 Å². The molecule has 1 fully saturated rings. The molecule has 54 valence electrons. The van der Waals surface area contributed by atoms with Crippen LogP contribution in [0.25, 0.3) is 0 Å². The summed E-state index contributed by atoms with van der Waals surface area (Å²) in [4.78, 5) is 0. The van der Waals surface area contributed by atoms with Crippen molar-refractivity contribution in [3.05, 3.63) is 0 Å². The molecule has 0 heterocycles. The zero-order valence-corrected chi connectivity index (χ0v) is 6.52. The van der Waals surface area contributed by atoms with Crippen LogP contribution >= 0.6 is 0 Å². The molecule has 0 aromatic carbocycles. The van der Waals surface area contributed by atoms with Gasteiger partial charge in [0.15, 0.2) is 0 Å². The molecule has 1 aliphatic rings. The molecule has 0 aromatic heterocycles. The number of hydrogen-bond acceptors (Lipinski definition) is 1. The van der Waals surface area contributed by atoms with Crippen molar-refractivity contribution in [1.82, 2.24) is 0 Å². The van der Waals surface area contributed by atoms with Gasteiger partial charge in [-0.15, -0.1) is 0 Å². The first-order chi connectivity index (χ1) is 4.01. The third-order valence-electron chi connectivity index (χ3n) is 2.35. The van der Waals surface area contributed by atoms with Crippen molar-refractivity contribution in [3.63, 3.8) is 0 Å². The van der Waals surface area contributed by atoms with Crippen molar-refractivity contribution in [2.75, 3.05) is 0 Å². The molecular weight excluding hydrogens is 112 g/mol. The maximum atomic E-state index is 9.33. The molecule has 0 aromatic rings. The zero-order chi connectivity index (χ0) is 7.07. The Labute approximate surface area is 57.1 Å². The summed E-state index contributed by atoms with van der Waals surface area (Å²) in [6.45, 7) is 6.37. The minimum atomic E-state index is -0.324. The number of rotatable bonds is 1. The molecule has 0 radical (unpaired) electrons. The molecule has 0 bridgehead atoms. The van der Waals surface area contributed by atoms with E-state index in [1.807, 2.05) is 6.92 Å². The fourth-order valence-corrected chi connectivity index (χ4v) is 1.54. The molecule has 0 atom stereocenters. The van der Waals surface area contributed by atoms with Gasteiger partial charge in [-0.25, -0.2) is 0 Å². The van der Waals surface area contributed by atoms with Gasteiger partial charge in [0.1, 0.15) is 0 Å². The average molecular weight is 128 g/mol. The van der Waals surface area contributed by atoms with Gasteiger partial charge in [0.25, 0.3) is 0 Å². The third kappa shape index (κ3) is 1.45. The molecule has 1 N–H and O–H groups in total. The van der Waals surface area contributed by atoms with E-state index in [1.165, 1.54) is 0 Å². The van der Waals surface area contributed by atoms with Crippen molar-refractivity contribution in [2.24, 2.45) is 11.8 Å². The Hall–Kier alpha value is -0.0400. The number of aliphatic hydroxyl groups is 1. The number of hydrogen-bond donors (Lipinski definition) is 1. The standard InChI is InChI=1S/C8H16O/c1-6(2)7-4-8(3,9)5-7/h6-7,9H,4-5H2,1-3H3/t7-,8+. The van der Waals surface area contributed by atoms with Gasteiger partial charge in [0.05, 0.1) is 5.60 Å². The topological polar surface area (TPSA) is 20.2 Å². The highest BCUT2D eigenvalue weighted by molar-refractivity contribution is 4.91. The van der Waals surface area contributed by atoms with Crippen LogP contribution < -0.4 is 0 Å². The Bertz CT molecular complexity index is 97.1. The second kappa shape index (κ2) is 1.98. The second-order valence-corrected chi connectivity index (χ2v) is 3.91. The van der Waals surface area contributed by atoms with Gasteiger partial charge in [0.2, 0.25) is 0 Å². The van der Waals surface area contributed by atoms with Crippen molar-refractivity contribution in [2.45, 2.75) is 39.2 Å². The largest absolute Gasteiger partial charge is 0.390 e. The van der Waals surface area contributed by atoms with Crippen LogP contribution in [0, 0.1) is 11.8 Å². The summed E-state index contributed by atoms with van der Waals surface area (Å²) < 4.78 is 0. The Morgan fingerprint density at radius 2 is 1.89 bits per heavy atom. The minimum Gasteiger partial charge on any atom is -0.390 e. The lowest BCUT2D eigenvalue weighted by molar-refractivity contribution is -0.0713. The molecule has 0 amide bonds. The minimum absolute atomic E-state index is 0.324. The average Bonchev–Trinajstić information content (AvgIpc) is 1.59.